The molecule has 1 rings (SSSR count). The van der Waals surface area contributed by atoms with Gasteiger partial charge in [0.15, 0.2) is 6.29 Å². The second-order valence-electron chi connectivity index (χ2n) is 3.46. The molecule has 1 aliphatic heterocycles. The van der Waals surface area contributed by atoms with Gasteiger partial charge in [-0.3, -0.25) is 4.52 Å². The lowest BCUT2D eigenvalue weighted by Crippen LogP contribution is -2.65. The maximum absolute atomic E-state index is 10.7. The molecule has 96 valence electrons. The summed E-state index contributed by atoms with van der Waals surface area (Å²) in [6.45, 7) is -0.609. The molecule has 10 heteroatoms. The highest BCUT2D eigenvalue weighted by Crippen LogP contribution is 2.40. The molecule has 0 aromatic heterocycles. The lowest BCUT2D eigenvalue weighted by atomic mass is 9.96. The normalized spacial score (nSPS) is 41.0. The number of ether oxygens (including phenoxy) is 1. The van der Waals surface area contributed by atoms with E-state index in [2.05, 4.69) is 4.52 Å². The molecule has 1 fully saturated rings. The molecule has 1 heterocycles. The Kier molecular flexibility index (Phi) is 4.41. The molecule has 0 bridgehead atoms. The van der Waals surface area contributed by atoms with Gasteiger partial charge in [0.1, 0.15) is 12.2 Å². The minimum absolute atomic E-state index is 0.609. The van der Waals surface area contributed by atoms with Gasteiger partial charge in [0, 0.05) is 0 Å². The van der Waals surface area contributed by atoms with E-state index in [9.17, 15) is 9.67 Å². The average Bonchev–Trinajstić information content (AvgIpc) is 2.17. The minimum atomic E-state index is -4.78. The largest absolute Gasteiger partial charge is 0.470 e. The summed E-state index contributed by atoms with van der Waals surface area (Å²) in [4.78, 5) is 17.3. The zero-order valence-corrected chi connectivity index (χ0v) is 9.10. The Morgan fingerprint density at radius 1 is 1.31 bits per heavy atom. The van der Waals surface area contributed by atoms with Gasteiger partial charge in [-0.05, 0) is 0 Å². The van der Waals surface area contributed by atoms with Gasteiger partial charge < -0.3 is 36.2 Å². The summed E-state index contributed by atoms with van der Waals surface area (Å²) < 4.78 is 19.9. The van der Waals surface area contributed by atoms with Crippen LogP contribution in [0.2, 0.25) is 0 Å². The van der Waals surface area contributed by atoms with Gasteiger partial charge in [-0.2, -0.15) is 0 Å². The minimum Gasteiger partial charge on any atom is -0.394 e. The van der Waals surface area contributed by atoms with E-state index >= 15 is 0 Å². The zero-order chi connectivity index (χ0) is 12.5. The SMILES string of the molecule is N[C@@H]1[C@@H](N)[C@H](O)O[C@H](CO)[C@H]1OP(=O)(O)O. The summed E-state index contributed by atoms with van der Waals surface area (Å²) >= 11 is 0. The summed E-state index contributed by atoms with van der Waals surface area (Å²) in [5, 5.41) is 18.2. The van der Waals surface area contributed by atoms with Crippen LogP contribution >= 0.6 is 7.82 Å². The first-order chi connectivity index (χ1) is 7.26. The van der Waals surface area contributed by atoms with Crippen LogP contribution in [0, 0.1) is 0 Å². The monoisotopic (exact) mass is 258 g/mol. The third kappa shape index (κ3) is 3.20. The number of nitrogens with two attached hydrogens (primary N) is 2. The predicted octanol–water partition coefficient (Wildman–Crippen LogP) is -3.17. The molecule has 9 nitrogen and oxygen atoms in total. The molecule has 5 atom stereocenters. The highest BCUT2D eigenvalue weighted by Gasteiger charge is 2.45. The fraction of sp³-hybridized carbons (Fsp3) is 1.00. The Bertz CT molecular complexity index is 282. The first-order valence-corrected chi connectivity index (χ1v) is 5.99. The van der Waals surface area contributed by atoms with Gasteiger partial charge in [-0.15, -0.1) is 0 Å². The van der Waals surface area contributed by atoms with Crippen molar-refractivity contribution in [1.29, 1.82) is 0 Å². The van der Waals surface area contributed by atoms with E-state index in [4.69, 9.17) is 31.1 Å². The van der Waals surface area contributed by atoms with Crippen LogP contribution in [0.3, 0.4) is 0 Å². The van der Waals surface area contributed by atoms with Crippen LogP contribution in [0.1, 0.15) is 0 Å². The molecule has 16 heavy (non-hydrogen) atoms. The molecule has 0 spiro atoms. The van der Waals surface area contributed by atoms with Crippen LogP contribution in [0.5, 0.6) is 0 Å². The quantitative estimate of drug-likeness (QED) is 0.286. The average molecular weight is 258 g/mol. The first kappa shape index (κ1) is 14.0. The highest BCUT2D eigenvalue weighted by molar-refractivity contribution is 7.46. The number of rotatable bonds is 3. The van der Waals surface area contributed by atoms with E-state index in [1.54, 1.807) is 0 Å². The number of phosphoric acid groups is 1. The highest BCUT2D eigenvalue weighted by atomic mass is 31.2. The molecular weight excluding hydrogens is 243 g/mol. The zero-order valence-electron chi connectivity index (χ0n) is 8.21. The van der Waals surface area contributed by atoms with Gasteiger partial charge in [-0.25, -0.2) is 4.57 Å². The van der Waals surface area contributed by atoms with Crippen LogP contribution < -0.4 is 11.5 Å². The van der Waals surface area contributed by atoms with Crippen molar-refractivity contribution in [3.63, 3.8) is 0 Å². The topological polar surface area (TPSA) is 168 Å². The smallest absolute Gasteiger partial charge is 0.394 e. The number of hydrogen-bond acceptors (Lipinski definition) is 7. The van der Waals surface area contributed by atoms with Gasteiger partial charge in [0.05, 0.1) is 18.7 Å². The van der Waals surface area contributed by atoms with Gasteiger partial charge in [0.25, 0.3) is 0 Å². The van der Waals surface area contributed by atoms with E-state index in [0.717, 1.165) is 0 Å². The standard InChI is InChI=1S/C6H15N2O7P/c7-3-4(8)6(10)14-2(1-9)5(3)15-16(11,12)13/h2-6,9-10H,1,7-8H2,(H2,11,12,13)/t2-,3-,4-,5-,6-/m1/s1. The van der Waals surface area contributed by atoms with Crippen molar-refractivity contribution in [1.82, 2.24) is 0 Å². The van der Waals surface area contributed by atoms with Crippen LogP contribution in [-0.4, -0.2) is 57.2 Å². The van der Waals surface area contributed by atoms with Crippen molar-refractivity contribution in [3.05, 3.63) is 0 Å². The summed E-state index contributed by atoms with van der Waals surface area (Å²) in [6.07, 6.45) is -3.84. The van der Waals surface area contributed by atoms with Crippen molar-refractivity contribution in [2.75, 3.05) is 6.61 Å². The Morgan fingerprint density at radius 3 is 2.31 bits per heavy atom. The van der Waals surface area contributed by atoms with Gasteiger partial charge in [-0.1, -0.05) is 0 Å². The lowest BCUT2D eigenvalue weighted by molar-refractivity contribution is -0.219. The fourth-order valence-electron chi connectivity index (χ4n) is 1.45. The van der Waals surface area contributed by atoms with E-state index in [-0.39, 0.29) is 0 Å². The van der Waals surface area contributed by atoms with Crippen molar-refractivity contribution >= 4 is 7.82 Å². The van der Waals surface area contributed by atoms with E-state index in [1.807, 2.05) is 0 Å². The summed E-state index contributed by atoms with van der Waals surface area (Å²) in [5.41, 5.74) is 11.0. The Morgan fingerprint density at radius 2 is 1.88 bits per heavy atom. The molecule has 0 aromatic rings. The first-order valence-electron chi connectivity index (χ1n) is 4.45. The molecule has 0 unspecified atom stereocenters. The maximum atomic E-state index is 10.7. The van der Waals surface area contributed by atoms with Crippen LogP contribution in [0.4, 0.5) is 0 Å². The molecular formula is C6H15N2O7P. The van der Waals surface area contributed by atoms with E-state index in [0.29, 0.717) is 0 Å². The molecule has 0 aliphatic carbocycles. The summed E-state index contributed by atoms with van der Waals surface area (Å²) in [5.74, 6) is 0. The van der Waals surface area contributed by atoms with Crippen molar-refractivity contribution < 1.29 is 33.8 Å². The Hall–Kier alpha value is -0.0900. The third-order valence-electron chi connectivity index (χ3n) is 2.27. The van der Waals surface area contributed by atoms with Crippen molar-refractivity contribution in [3.8, 4) is 0 Å². The second kappa shape index (κ2) is 5.05. The molecule has 0 amide bonds. The van der Waals surface area contributed by atoms with Gasteiger partial charge in [0.2, 0.25) is 0 Å². The van der Waals surface area contributed by atoms with Crippen LogP contribution in [0.15, 0.2) is 0 Å². The lowest BCUT2D eigenvalue weighted by Gasteiger charge is -2.41. The van der Waals surface area contributed by atoms with E-state index < -0.39 is 45.0 Å². The van der Waals surface area contributed by atoms with Gasteiger partial charge >= 0.3 is 7.82 Å². The number of phosphoric ester groups is 1. The maximum Gasteiger partial charge on any atom is 0.470 e. The van der Waals surface area contributed by atoms with Crippen LogP contribution in [0.25, 0.3) is 0 Å². The number of aliphatic hydroxyl groups excluding tert-OH is 2. The molecule has 8 N–H and O–H groups in total. The summed E-state index contributed by atoms with van der Waals surface area (Å²) in [7, 11) is -4.78. The molecule has 1 aliphatic rings. The molecule has 0 aromatic carbocycles. The van der Waals surface area contributed by atoms with Crippen molar-refractivity contribution in [2.24, 2.45) is 11.5 Å². The third-order valence-corrected chi connectivity index (χ3v) is 2.79. The molecule has 0 saturated carbocycles. The number of hydrogen-bond donors (Lipinski definition) is 6. The van der Waals surface area contributed by atoms with Crippen LogP contribution in [-0.2, 0) is 13.8 Å². The van der Waals surface area contributed by atoms with Crippen molar-refractivity contribution in [2.45, 2.75) is 30.6 Å². The molecule has 1 saturated heterocycles. The summed E-state index contributed by atoms with van der Waals surface area (Å²) in [6, 6.07) is -2.12. The Balaban J connectivity index is 2.81. The number of aliphatic hydroxyl groups is 2. The fourth-order valence-corrected chi connectivity index (χ4v) is 2.04. The molecule has 0 radical (unpaired) electrons. The predicted molar refractivity (Wildman–Crippen MR) is 50.8 cm³/mol. The Labute approximate surface area is 91.2 Å². The van der Waals surface area contributed by atoms with E-state index in [1.165, 1.54) is 0 Å². The second-order valence-corrected chi connectivity index (χ2v) is 4.65.